The standard InChI is InChI=1S/C15H15N6O/c1-10(2)14-19-20(3)15(22)21(14)12-7-4-6-11(18-12)13-16-8-5-9-17-13/h4-10H,3H2,1-2H3/q-1. The van der Waals surface area contributed by atoms with Gasteiger partial charge in [-0.1, -0.05) is 19.9 Å². The van der Waals surface area contributed by atoms with Crippen LogP contribution >= 0.6 is 0 Å². The molecule has 0 radical (unpaired) electrons. The van der Waals surface area contributed by atoms with Gasteiger partial charge in [-0.05, 0) is 18.2 Å². The summed E-state index contributed by atoms with van der Waals surface area (Å²) in [5.41, 5.74) is 0.263. The summed E-state index contributed by atoms with van der Waals surface area (Å²) in [6, 6.07) is 7.10. The minimum atomic E-state index is -0.331. The van der Waals surface area contributed by atoms with Crippen molar-refractivity contribution < 1.29 is 0 Å². The third-order valence-corrected chi connectivity index (χ3v) is 3.14. The topological polar surface area (TPSA) is 78.5 Å². The molecule has 0 bridgehead atoms. The molecule has 0 aliphatic rings. The van der Waals surface area contributed by atoms with E-state index < -0.39 is 0 Å². The van der Waals surface area contributed by atoms with Crippen LogP contribution in [-0.4, -0.2) is 29.3 Å². The number of hydrogen-bond acceptors (Lipinski definition) is 5. The van der Waals surface area contributed by atoms with Crippen LogP contribution < -0.4 is 5.69 Å². The molecule has 0 fully saturated rings. The van der Waals surface area contributed by atoms with Gasteiger partial charge in [0.15, 0.2) is 11.5 Å². The molecule has 0 unspecified atom stereocenters. The molecule has 7 heteroatoms. The second kappa shape index (κ2) is 5.44. The smallest absolute Gasteiger partial charge is 0.195 e. The first-order valence-electron chi connectivity index (χ1n) is 6.85. The SMILES string of the molecule is [CH2-]n1nc(C(C)C)n(-c2cccc(-c3ncccn3)n2)c1=O. The van der Waals surface area contributed by atoms with Crippen molar-refractivity contribution in [3.8, 4) is 17.3 Å². The van der Waals surface area contributed by atoms with Gasteiger partial charge >= 0.3 is 0 Å². The normalized spacial score (nSPS) is 11.0. The molecule has 0 atom stereocenters. The van der Waals surface area contributed by atoms with E-state index in [0.717, 1.165) is 4.68 Å². The van der Waals surface area contributed by atoms with Gasteiger partial charge in [-0.15, -0.1) is 0 Å². The molecule has 0 aliphatic heterocycles. The molecule has 0 saturated carbocycles. The van der Waals surface area contributed by atoms with Crippen molar-refractivity contribution in [3.63, 3.8) is 0 Å². The average Bonchev–Trinajstić information content (AvgIpc) is 2.84. The molecule has 0 N–H and O–H groups in total. The fraction of sp³-hybridized carbons (Fsp3) is 0.200. The highest BCUT2D eigenvalue weighted by Gasteiger charge is 2.13. The van der Waals surface area contributed by atoms with Crippen LogP contribution in [0.25, 0.3) is 17.3 Å². The van der Waals surface area contributed by atoms with E-state index in [4.69, 9.17) is 0 Å². The Bertz CT molecular complexity index is 850. The summed E-state index contributed by atoms with van der Waals surface area (Å²) in [5, 5.41) is 4.17. The maximum absolute atomic E-state index is 12.3. The third-order valence-electron chi connectivity index (χ3n) is 3.14. The van der Waals surface area contributed by atoms with Gasteiger partial charge in [-0.25, -0.2) is 15.0 Å². The van der Waals surface area contributed by atoms with Crippen LogP contribution in [0.5, 0.6) is 0 Å². The second-order valence-electron chi connectivity index (χ2n) is 5.08. The number of rotatable bonds is 3. The van der Waals surface area contributed by atoms with Gasteiger partial charge in [-0.3, -0.25) is 0 Å². The van der Waals surface area contributed by atoms with Crippen molar-refractivity contribution in [3.05, 3.63) is 60.0 Å². The largest absolute Gasteiger partial charge is 0.360 e. The zero-order valence-corrected chi connectivity index (χ0v) is 12.3. The summed E-state index contributed by atoms with van der Waals surface area (Å²) >= 11 is 0. The maximum Gasteiger partial charge on any atom is 0.195 e. The molecular formula is C15H15N6O-. The lowest BCUT2D eigenvalue weighted by Gasteiger charge is -2.11. The summed E-state index contributed by atoms with van der Waals surface area (Å²) in [6.07, 6.45) is 3.30. The first-order chi connectivity index (χ1) is 10.6. The van der Waals surface area contributed by atoms with E-state index in [2.05, 4.69) is 27.1 Å². The fourth-order valence-electron chi connectivity index (χ4n) is 2.12. The number of hydrogen-bond donors (Lipinski definition) is 0. The predicted molar refractivity (Wildman–Crippen MR) is 81.5 cm³/mol. The summed E-state index contributed by atoms with van der Waals surface area (Å²) < 4.78 is 2.53. The van der Waals surface area contributed by atoms with Crippen LogP contribution in [-0.2, 0) is 0 Å². The Labute approximate surface area is 127 Å². The number of pyridine rings is 1. The highest BCUT2D eigenvalue weighted by molar-refractivity contribution is 5.50. The lowest BCUT2D eigenvalue weighted by atomic mass is 10.2. The van der Waals surface area contributed by atoms with E-state index in [-0.39, 0.29) is 11.6 Å². The monoisotopic (exact) mass is 295 g/mol. The van der Waals surface area contributed by atoms with E-state index in [1.165, 1.54) is 4.57 Å². The van der Waals surface area contributed by atoms with Gasteiger partial charge in [0.25, 0.3) is 0 Å². The minimum absolute atomic E-state index is 0.0640. The zero-order valence-electron chi connectivity index (χ0n) is 12.3. The van der Waals surface area contributed by atoms with Crippen molar-refractivity contribution >= 4 is 0 Å². The first-order valence-corrected chi connectivity index (χ1v) is 6.85. The highest BCUT2D eigenvalue weighted by atomic mass is 16.2. The van der Waals surface area contributed by atoms with Gasteiger partial charge in [0.2, 0.25) is 0 Å². The van der Waals surface area contributed by atoms with Crippen LogP contribution in [0.3, 0.4) is 0 Å². The van der Waals surface area contributed by atoms with Crippen LogP contribution in [0.2, 0.25) is 0 Å². The van der Waals surface area contributed by atoms with E-state index in [9.17, 15) is 4.79 Å². The van der Waals surface area contributed by atoms with Gasteiger partial charge in [0, 0.05) is 18.3 Å². The minimum Gasteiger partial charge on any atom is -0.360 e. The van der Waals surface area contributed by atoms with Crippen LogP contribution in [0.1, 0.15) is 25.6 Å². The second-order valence-corrected chi connectivity index (χ2v) is 5.08. The van der Waals surface area contributed by atoms with E-state index in [1.807, 2.05) is 19.9 Å². The molecule has 3 aromatic rings. The molecule has 0 spiro atoms. The van der Waals surface area contributed by atoms with E-state index in [1.54, 1.807) is 30.6 Å². The van der Waals surface area contributed by atoms with E-state index in [0.29, 0.717) is 23.2 Å². The lowest BCUT2D eigenvalue weighted by molar-refractivity contribution is 0.726. The molecule has 0 amide bonds. The van der Waals surface area contributed by atoms with Gasteiger partial charge < -0.3 is 14.0 Å². The Morgan fingerprint density at radius 2 is 1.86 bits per heavy atom. The van der Waals surface area contributed by atoms with Crippen LogP contribution in [0, 0.1) is 7.05 Å². The van der Waals surface area contributed by atoms with E-state index >= 15 is 0 Å². The number of aromatic nitrogens is 6. The Morgan fingerprint density at radius 1 is 1.14 bits per heavy atom. The van der Waals surface area contributed by atoms with Crippen LogP contribution in [0.4, 0.5) is 0 Å². The first kappa shape index (κ1) is 14.0. The Hall–Kier alpha value is -2.96. The Morgan fingerprint density at radius 3 is 2.55 bits per heavy atom. The molecule has 7 nitrogen and oxygen atoms in total. The van der Waals surface area contributed by atoms with Gasteiger partial charge in [0.1, 0.15) is 17.3 Å². The van der Waals surface area contributed by atoms with Gasteiger partial charge in [0.05, 0.1) is 0 Å². The molecule has 0 aromatic carbocycles. The zero-order chi connectivity index (χ0) is 15.7. The molecule has 3 rings (SSSR count). The van der Waals surface area contributed by atoms with Crippen molar-refractivity contribution in [2.45, 2.75) is 19.8 Å². The summed E-state index contributed by atoms with van der Waals surface area (Å²) in [7, 11) is 3.61. The molecular weight excluding hydrogens is 280 g/mol. The summed E-state index contributed by atoms with van der Waals surface area (Å²) in [6.45, 7) is 3.92. The van der Waals surface area contributed by atoms with Crippen molar-refractivity contribution in [1.82, 2.24) is 29.3 Å². The quantitative estimate of drug-likeness (QED) is 0.686. The molecule has 3 heterocycles. The van der Waals surface area contributed by atoms with Crippen LogP contribution in [0.15, 0.2) is 41.5 Å². The van der Waals surface area contributed by atoms with Crippen molar-refractivity contribution in [2.24, 2.45) is 0 Å². The highest BCUT2D eigenvalue weighted by Crippen LogP contribution is 2.17. The Balaban J connectivity index is 2.17. The molecule has 0 saturated heterocycles. The molecule has 3 aromatic heterocycles. The molecule has 112 valence electrons. The van der Waals surface area contributed by atoms with Crippen molar-refractivity contribution in [2.75, 3.05) is 0 Å². The third kappa shape index (κ3) is 2.37. The van der Waals surface area contributed by atoms with Gasteiger partial charge in [-0.2, -0.15) is 12.1 Å². The summed E-state index contributed by atoms with van der Waals surface area (Å²) in [5.74, 6) is 1.66. The summed E-state index contributed by atoms with van der Waals surface area (Å²) in [4.78, 5) is 25.1. The molecule has 0 aliphatic carbocycles. The maximum atomic E-state index is 12.3. The molecule has 22 heavy (non-hydrogen) atoms. The van der Waals surface area contributed by atoms with Crippen molar-refractivity contribution in [1.29, 1.82) is 0 Å². The average molecular weight is 295 g/mol. The fourth-order valence-corrected chi connectivity index (χ4v) is 2.12. The Kier molecular flexibility index (Phi) is 3.46. The number of nitrogens with zero attached hydrogens (tertiary/aromatic N) is 6. The lowest BCUT2D eigenvalue weighted by Crippen LogP contribution is -2.22. The predicted octanol–water partition coefficient (Wildman–Crippen LogP) is 1.65.